The van der Waals surface area contributed by atoms with E-state index >= 15 is 0 Å². The number of hydrogen-bond donors (Lipinski definition) is 2. The van der Waals surface area contributed by atoms with Gasteiger partial charge in [-0.15, -0.1) is 11.3 Å². The van der Waals surface area contributed by atoms with E-state index in [2.05, 4.69) is 56.5 Å². The molecule has 5 aliphatic heterocycles. The van der Waals surface area contributed by atoms with E-state index in [0.717, 1.165) is 34.9 Å². The predicted molar refractivity (Wildman–Crippen MR) is 123 cm³/mol. The third kappa shape index (κ3) is 2.81. The number of anilines is 1. The second kappa shape index (κ2) is 6.74. The maximum atomic E-state index is 4.98. The standard InChI is InChI=1S/C24H28N5S/c1-3-21-23(5-19(1)28-11-15-7-25-8-16(15)12-28)30-24-6-20(2-4-22(24)27-21)29-13-17-9-26-10-18(17)14-29/h1-6,15-18,25-26H,7-14H2/q+1. The van der Waals surface area contributed by atoms with Gasteiger partial charge in [0.2, 0.25) is 5.36 Å². The molecule has 1 aromatic rings. The van der Waals surface area contributed by atoms with Crippen molar-refractivity contribution in [3.05, 3.63) is 41.8 Å². The van der Waals surface area contributed by atoms with Gasteiger partial charge in [-0.2, -0.15) is 0 Å². The number of hydrogen-bond acceptors (Lipinski definition) is 5. The van der Waals surface area contributed by atoms with Crippen LogP contribution in [-0.4, -0.2) is 57.3 Å². The molecule has 0 spiro atoms. The van der Waals surface area contributed by atoms with Gasteiger partial charge in [0.15, 0.2) is 0 Å². The van der Waals surface area contributed by atoms with Crippen molar-refractivity contribution in [1.82, 2.24) is 20.2 Å². The second-order valence-corrected chi connectivity index (χ2v) is 10.8. The highest BCUT2D eigenvalue weighted by atomic mass is 32.1. The summed E-state index contributed by atoms with van der Waals surface area (Å²) in [7, 11) is 0. The molecule has 0 saturated carbocycles. The van der Waals surface area contributed by atoms with Gasteiger partial charge in [0.1, 0.15) is 13.1 Å². The van der Waals surface area contributed by atoms with E-state index in [9.17, 15) is 0 Å². The molecule has 30 heavy (non-hydrogen) atoms. The van der Waals surface area contributed by atoms with Crippen LogP contribution in [0.25, 0.3) is 20.8 Å². The Morgan fingerprint density at radius 2 is 1.60 bits per heavy atom. The zero-order chi connectivity index (χ0) is 19.7. The van der Waals surface area contributed by atoms with E-state index in [0.29, 0.717) is 0 Å². The topological polar surface area (TPSA) is 43.2 Å². The molecule has 0 bridgehead atoms. The molecule has 1 aromatic carbocycles. The molecule has 4 atom stereocenters. The Kier molecular flexibility index (Phi) is 3.96. The Labute approximate surface area is 180 Å². The SMILES string of the molecule is c1cc2nc3ccc(=[N+]4CC5CNCC5C4)cc-3sc2cc1N1CC2CNCC2C1. The fourth-order valence-corrected chi connectivity index (χ4v) is 7.16. The Morgan fingerprint density at radius 3 is 2.37 bits per heavy atom. The zero-order valence-corrected chi connectivity index (χ0v) is 18.0. The van der Waals surface area contributed by atoms with Gasteiger partial charge >= 0.3 is 0 Å². The molecule has 0 radical (unpaired) electrons. The molecule has 0 aromatic heterocycles. The molecule has 0 amide bonds. The van der Waals surface area contributed by atoms with Crippen LogP contribution in [0.4, 0.5) is 5.69 Å². The summed E-state index contributed by atoms with van der Waals surface area (Å²) in [6.45, 7) is 9.47. The Hall–Kier alpha value is -2.02. The minimum Gasteiger partial charge on any atom is -0.371 e. The first-order valence-corrected chi connectivity index (χ1v) is 12.2. The summed E-state index contributed by atoms with van der Waals surface area (Å²) in [4.78, 5) is 8.87. The lowest BCUT2D eigenvalue weighted by molar-refractivity contribution is 0.533. The smallest absolute Gasteiger partial charge is 0.201 e. The second-order valence-electron chi connectivity index (χ2n) is 9.68. The summed E-state index contributed by atoms with van der Waals surface area (Å²) in [5, 5.41) is 8.46. The normalized spacial score (nSPS) is 30.5. The fraction of sp³-hybridized carbons (Fsp3) is 0.500. The molecular weight excluding hydrogens is 390 g/mol. The van der Waals surface area contributed by atoms with Crippen LogP contribution in [-0.2, 0) is 0 Å². The first kappa shape index (κ1) is 17.6. The summed E-state index contributed by atoms with van der Waals surface area (Å²) in [6.07, 6.45) is 0. The van der Waals surface area contributed by atoms with Gasteiger partial charge in [0, 0.05) is 68.9 Å². The van der Waals surface area contributed by atoms with Crippen molar-refractivity contribution in [1.29, 1.82) is 0 Å². The average molecular weight is 419 g/mol. The molecule has 1 aliphatic carbocycles. The lowest BCUT2D eigenvalue weighted by Gasteiger charge is -2.20. The van der Waals surface area contributed by atoms with Crippen LogP contribution in [0.15, 0.2) is 36.4 Å². The zero-order valence-electron chi connectivity index (χ0n) is 17.2. The van der Waals surface area contributed by atoms with Crippen LogP contribution >= 0.6 is 11.3 Å². The number of nitrogens with one attached hydrogen (secondary N) is 2. The maximum Gasteiger partial charge on any atom is 0.201 e. The molecule has 6 heteroatoms. The van der Waals surface area contributed by atoms with Crippen molar-refractivity contribution in [2.24, 2.45) is 23.7 Å². The minimum absolute atomic E-state index is 0.816. The predicted octanol–water partition coefficient (Wildman–Crippen LogP) is 1.68. The van der Waals surface area contributed by atoms with Crippen molar-refractivity contribution in [3.8, 4) is 10.6 Å². The number of nitrogens with zero attached hydrogens (tertiary/aromatic N) is 3. The van der Waals surface area contributed by atoms with Gasteiger partial charge < -0.3 is 15.5 Å². The fourth-order valence-electron chi connectivity index (χ4n) is 6.13. The number of aromatic nitrogens is 1. The van der Waals surface area contributed by atoms with E-state index in [1.807, 2.05) is 11.3 Å². The van der Waals surface area contributed by atoms with Crippen LogP contribution in [0.5, 0.6) is 0 Å². The summed E-state index contributed by atoms with van der Waals surface area (Å²) in [6, 6.07) is 13.7. The number of benzene rings is 2. The molecule has 5 nitrogen and oxygen atoms in total. The molecule has 154 valence electrons. The van der Waals surface area contributed by atoms with Gasteiger partial charge in [-0.1, -0.05) is 0 Å². The van der Waals surface area contributed by atoms with E-state index in [4.69, 9.17) is 4.98 Å². The summed E-state index contributed by atoms with van der Waals surface area (Å²) in [5.41, 5.74) is 3.60. The molecule has 4 saturated heterocycles. The third-order valence-corrected chi connectivity index (χ3v) is 8.95. The quantitative estimate of drug-likeness (QED) is 0.466. The van der Waals surface area contributed by atoms with E-state index in [1.165, 1.54) is 73.0 Å². The Balaban J connectivity index is 1.27. The Morgan fingerprint density at radius 1 is 0.867 bits per heavy atom. The third-order valence-electron chi connectivity index (χ3n) is 7.86. The molecular formula is C24H28N5S+. The summed E-state index contributed by atoms with van der Waals surface area (Å²) < 4.78 is 3.88. The summed E-state index contributed by atoms with van der Waals surface area (Å²) in [5.74, 6) is 3.27. The van der Waals surface area contributed by atoms with Gasteiger partial charge in [0.25, 0.3) is 0 Å². The monoisotopic (exact) mass is 418 g/mol. The van der Waals surface area contributed by atoms with Gasteiger partial charge in [-0.3, -0.25) is 0 Å². The number of rotatable bonds is 1. The highest BCUT2D eigenvalue weighted by Gasteiger charge is 2.40. The lowest BCUT2D eigenvalue weighted by atomic mass is 10.0. The van der Waals surface area contributed by atoms with E-state index in [1.54, 1.807) is 0 Å². The van der Waals surface area contributed by atoms with E-state index < -0.39 is 0 Å². The highest BCUT2D eigenvalue weighted by Crippen LogP contribution is 2.35. The molecule has 7 rings (SSSR count). The molecule has 5 heterocycles. The number of fused-ring (bicyclic) bond motifs is 4. The van der Waals surface area contributed by atoms with Gasteiger partial charge in [-0.25, -0.2) is 9.56 Å². The van der Waals surface area contributed by atoms with Crippen LogP contribution in [0.2, 0.25) is 0 Å². The maximum absolute atomic E-state index is 4.98. The molecule has 4 fully saturated rings. The minimum atomic E-state index is 0.816. The molecule has 6 aliphatic rings. The van der Waals surface area contributed by atoms with Crippen molar-refractivity contribution >= 4 is 27.2 Å². The largest absolute Gasteiger partial charge is 0.371 e. The van der Waals surface area contributed by atoms with Crippen molar-refractivity contribution in [2.75, 3.05) is 57.3 Å². The lowest BCUT2D eigenvalue weighted by Crippen LogP contribution is -2.30. The van der Waals surface area contributed by atoms with Gasteiger partial charge in [-0.05, 0) is 36.1 Å². The Bertz CT molecular complexity index is 1140. The highest BCUT2D eigenvalue weighted by molar-refractivity contribution is 7.21. The van der Waals surface area contributed by atoms with Crippen molar-refractivity contribution in [3.63, 3.8) is 0 Å². The van der Waals surface area contributed by atoms with Crippen LogP contribution in [0, 0.1) is 23.7 Å². The molecule has 4 unspecified atom stereocenters. The van der Waals surface area contributed by atoms with Crippen molar-refractivity contribution < 1.29 is 0 Å². The summed E-state index contributed by atoms with van der Waals surface area (Å²) >= 11 is 1.90. The van der Waals surface area contributed by atoms with Crippen molar-refractivity contribution in [2.45, 2.75) is 0 Å². The van der Waals surface area contributed by atoms with E-state index in [-0.39, 0.29) is 0 Å². The average Bonchev–Trinajstić information content (AvgIpc) is 3.51. The van der Waals surface area contributed by atoms with Crippen LogP contribution in [0.3, 0.4) is 0 Å². The first-order chi connectivity index (χ1) is 14.8. The van der Waals surface area contributed by atoms with Crippen LogP contribution in [0.1, 0.15) is 0 Å². The molecule has 2 N–H and O–H groups in total. The van der Waals surface area contributed by atoms with Gasteiger partial charge in [0.05, 0.1) is 20.8 Å². The first-order valence-electron chi connectivity index (χ1n) is 11.4. The van der Waals surface area contributed by atoms with Crippen LogP contribution < -0.4 is 25.5 Å².